The lowest BCUT2D eigenvalue weighted by atomic mass is 10.0. The fourth-order valence-corrected chi connectivity index (χ4v) is 4.17. The number of nitrogens with zero attached hydrogens (tertiary/aromatic N) is 2. The van der Waals surface area contributed by atoms with E-state index in [1.54, 1.807) is 30.3 Å². The summed E-state index contributed by atoms with van der Waals surface area (Å²) in [6, 6.07) is 14.5. The summed E-state index contributed by atoms with van der Waals surface area (Å²) in [6.07, 6.45) is 3.40. The highest BCUT2D eigenvalue weighted by Gasteiger charge is 2.37. The van der Waals surface area contributed by atoms with Crippen LogP contribution in [0.4, 0.5) is 16.2 Å². The first-order chi connectivity index (χ1) is 19.2. The van der Waals surface area contributed by atoms with Crippen molar-refractivity contribution in [2.75, 3.05) is 11.5 Å². The number of nitro benzene ring substituents is 1. The molecule has 3 aromatic carbocycles. The number of ether oxygens (including phenoxy) is 2. The van der Waals surface area contributed by atoms with Crippen LogP contribution >= 0.6 is 11.6 Å². The third-order valence-electron chi connectivity index (χ3n) is 5.83. The van der Waals surface area contributed by atoms with Crippen LogP contribution in [0.2, 0.25) is 5.02 Å². The molecule has 10 nitrogen and oxygen atoms in total. The number of urea groups is 1. The topological polar surface area (TPSA) is 128 Å². The highest BCUT2D eigenvalue weighted by molar-refractivity contribution is 6.39. The second kappa shape index (κ2) is 12.3. The van der Waals surface area contributed by atoms with E-state index in [-0.39, 0.29) is 23.6 Å². The molecule has 1 fully saturated rings. The van der Waals surface area contributed by atoms with Crippen LogP contribution in [-0.4, -0.2) is 29.4 Å². The van der Waals surface area contributed by atoms with Crippen LogP contribution in [0.5, 0.6) is 11.5 Å². The van der Waals surface area contributed by atoms with Gasteiger partial charge < -0.3 is 9.47 Å². The number of rotatable bonds is 10. The Labute approximate surface area is 234 Å². The SMILES string of the molecule is C=CCc1cc(/C=C2\C(=O)NC(=O)N(c3cccc([N+](=O)[O-])c3)C2=O)cc(OCC)c1OCc1ccc(Cl)cc1. The minimum atomic E-state index is -1.01. The van der Waals surface area contributed by atoms with E-state index in [0.717, 1.165) is 11.6 Å². The molecule has 1 N–H and O–H groups in total. The fraction of sp³-hybridized carbons (Fsp3) is 0.138. The zero-order chi connectivity index (χ0) is 28.8. The average Bonchev–Trinajstić information content (AvgIpc) is 2.92. The summed E-state index contributed by atoms with van der Waals surface area (Å²) in [5, 5.41) is 13.9. The van der Waals surface area contributed by atoms with Gasteiger partial charge in [-0.15, -0.1) is 6.58 Å². The lowest BCUT2D eigenvalue weighted by molar-refractivity contribution is -0.384. The number of allylic oxidation sites excluding steroid dienone is 1. The molecule has 40 heavy (non-hydrogen) atoms. The number of halogens is 1. The van der Waals surface area contributed by atoms with Gasteiger partial charge in [0, 0.05) is 22.7 Å². The van der Waals surface area contributed by atoms with Gasteiger partial charge in [0.1, 0.15) is 12.2 Å². The molecule has 1 heterocycles. The molecule has 4 amide bonds. The molecule has 1 saturated heterocycles. The number of anilines is 1. The fourth-order valence-electron chi connectivity index (χ4n) is 4.04. The standard InChI is InChI=1S/C29H24ClN3O7/c1-3-6-20-13-19(15-25(39-4-2)26(20)40-17-18-9-11-21(30)12-10-18)14-24-27(34)31-29(36)32(28(24)35)22-7-5-8-23(16-22)33(37)38/h3,5,7-16H,1,4,6,17H2,2H3,(H,31,34,36)/b24-14+. The molecule has 0 aromatic heterocycles. The van der Waals surface area contributed by atoms with Gasteiger partial charge in [-0.1, -0.05) is 35.9 Å². The van der Waals surface area contributed by atoms with Crippen molar-refractivity contribution in [1.82, 2.24) is 5.32 Å². The number of barbiturate groups is 1. The van der Waals surface area contributed by atoms with Crippen molar-refractivity contribution in [2.24, 2.45) is 0 Å². The smallest absolute Gasteiger partial charge is 0.335 e. The van der Waals surface area contributed by atoms with Crippen LogP contribution in [0.15, 0.2) is 78.9 Å². The number of carbonyl (C=O) groups is 3. The first kappa shape index (κ1) is 28.1. The molecule has 0 aliphatic carbocycles. The van der Waals surface area contributed by atoms with Crippen molar-refractivity contribution < 1.29 is 28.8 Å². The Morgan fingerprint density at radius 2 is 1.82 bits per heavy atom. The summed E-state index contributed by atoms with van der Waals surface area (Å²) >= 11 is 5.97. The molecule has 11 heteroatoms. The van der Waals surface area contributed by atoms with Crippen LogP contribution in [-0.2, 0) is 22.6 Å². The van der Waals surface area contributed by atoms with Gasteiger partial charge in [-0.05, 0) is 60.9 Å². The second-order valence-electron chi connectivity index (χ2n) is 8.58. The van der Waals surface area contributed by atoms with Crippen molar-refractivity contribution >= 4 is 46.9 Å². The Bertz CT molecular complexity index is 1530. The number of carbonyl (C=O) groups excluding carboxylic acids is 3. The van der Waals surface area contributed by atoms with Crippen LogP contribution < -0.4 is 19.7 Å². The monoisotopic (exact) mass is 561 g/mol. The molecule has 0 unspecified atom stereocenters. The van der Waals surface area contributed by atoms with E-state index in [2.05, 4.69) is 11.9 Å². The predicted molar refractivity (Wildman–Crippen MR) is 149 cm³/mol. The van der Waals surface area contributed by atoms with Crippen molar-refractivity contribution in [2.45, 2.75) is 20.0 Å². The number of nitrogens with one attached hydrogen (secondary N) is 1. The van der Waals surface area contributed by atoms with Crippen molar-refractivity contribution in [3.05, 3.63) is 111 Å². The van der Waals surface area contributed by atoms with Crippen LogP contribution in [0.3, 0.4) is 0 Å². The number of hydrogen-bond acceptors (Lipinski definition) is 7. The molecule has 0 bridgehead atoms. The zero-order valence-electron chi connectivity index (χ0n) is 21.4. The van der Waals surface area contributed by atoms with Gasteiger partial charge in [0.2, 0.25) is 0 Å². The van der Waals surface area contributed by atoms with E-state index in [1.807, 2.05) is 19.1 Å². The molecule has 4 rings (SSSR count). The first-order valence-electron chi connectivity index (χ1n) is 12.2. The van der Waals surface area contributed by atoms with Crippen LogP contribution in [0.1, 0.15) is 23.6 Å². The highest BCUT2D eigenvalue weighted by Crippen LogP contribution is 2.36. The lowest BCUT2D eigenvalue weighted by Crippen LogP contribution is -2.54. The van der Waals surface area contributed by atoms with Gasteiger partial charge in [0.15, 0.2) is 11.5 Å². The normalized spacial score (nSPS) is 14.2. The predicted octanol–water partition coefficient (Wildman–Crippen LogP) is 5.62. The minimum Gasteiger partial charge on any atom is -0.490 e. The summed E-state index contributed by atoms with van der Waals surface area (Å²) in [7, 11) is 0. The minimum absolute atomic E-state index is 0.0524. The number of non-ortho nitro benzene ring substituents is 1. The number of amides is 4. The number of nitro groups is 1. The van der Waals surface area contributed by atoms with E-state index >= 15 is 0 Å². The molecule has 3 aromatic rings. The zero-order valence-corrected chi connectivity index (χ0v) is 22.1. The highest BCUT2D eigenvalue weighted by atomic mass is 35.5. The molecular weight excluding hydrogens is 538 g/mol. The largest absolute Gasteiger partial charge is 0.490 e. The number of hydrogen-bond donors (Lipinski definition) is 1. The van der Waals surface area contributed by atoms with Crippen molar-refractivity contribution in [1.29, 1.82) is 0 Å². The summed E-state index contributed by atoms with van der Waals surface area (Å²) < 4.78 is 11.9. The molecule has 0 saturated carbocycles. The van der Waals surface area contributed by atoms with Crippen LogP contribution in [0.25, 0.3) is 6.08 Å². The first-order valence-corrected chi connectivity index (χ1v) is 12.5. The van der Waals surface area contributed by atoms with E-state index in [4.69, 9.17) is 21.1 Å². The summed E-state index contributed by atoms with van der Waals surface area (Å²) in [5.74, 6) is -0.965. The maximum atomic E-state index is 13.3. The van der Waals surface area contributed by atoms with Crippen LogP contribution in [0, 0.1) is 10.1 Å². The van der Waals surface area contributed by atoms with Crippen molar-refractivity contribution in [3.63, 3.8) is 0 Å². The molecule has 0 spiro atoms. The van der Waals surface area contributed by atoms with Gasteiger partial charge in [-0.3, -0.25) is 25.0 Å². The molecule has 1 aliphatic heterocycles. The Morgan fingerprint density at radius 3 is 2.50 bits per heavy atom. The third kappa shape index (κ3) is 6.19. The summed E-state index contributed by atoms with van der Waals surface area (Å²) in [6.45, 7) is 6.17. The summed E-state index contributed by atoms with van der Waals surface area (Å²) in [5.41, 5.74) is 1.31. The Kier molecular flexibility index (Phi) is 8.60. The molecule has 0 radical (unpaired) electrons. The van der Waals surface area contributed by atoms with Gasteiger partial charge in [-0.2, -0.15) is 0 Å². The molecule has 1 aliphatic rings. The van der Waals surface area contributed by atoms with E-state index < -0.39 is 22.8 Å². The Balaban J connectivity index is 1.72. The van der Waals surface area contributed by atoms with Gasteiger partial charge in [-0.25, -0.2) is 9.69 Å². The number of benzene rings is 3. The third-order valence-corrected chi connectivity index (χ3v) is 6.08. The van der Waals surface area contributed by atoms with Crippen molar-refractivity contribution in [3.8, 4) is 11.5 Å². The Morgan fingerprint density at radius 1 is 1.07 bits per heavy atom. The second-order valence-corrected chi connectivity index (χ2v) is 9.02. The molecule has 204 valence electrons. The maximum absolute atomic E-state index is 13.3. The lowest BCUT2D eigenvalue weighted by Gasteiger charge is -2.26. The maximum Gasteiger partial charge on any atom is 0.335 e. The Hall–Kier alpha value is -4.96. The van der Waals surface area contributed by atoms with Gasteiger partial charge in [0.05, 0.1) is 17.2 Å². The quantitative estimate of drug-likeness (QED) is 0.112. The molecule has 0 atom stereocenters. The van der Waals surface area contributed by atoms with E-state index in [9.17, 15) is 24.5 Å². The van der Waals surface area contributed by atoms with E-state index in [1.165, 1.54) is 24.3 Å². The number of imide groups is 2. The van der Waals surface area contributed by atoms with Gasteiger partial charge >= 0.3 is 6.03 Å². The van der Waals surface area contributed by atoms with E-state index in [0.29, 0.717) is 45.6 Å². The average molecular weight is 562 g/mol. The molecular formula is C29H24ClN3O7. The van der Waals surface area contributed by atoms with Gasteiger partial charge in [0.25, 0.3) is 17.5 Å². The summed E-state index contributed by atoms with van der Waals surface area (Å²) in [4.78, 5) is 49.8.